The molecular formula is C18H15N5O3S. The minimum absolute atomic E-state index is 0.247. The summed E-state index contributed by atoms with van der Waals surface area (Å²) >= 11 is 1.08. The summed E-state index contributed by atoms with van der Waals surface area (Å²) < 4.78 is 5.40. The van der Waals surface area contributed by atoms with Crippen LogP contribution in [0.25, 0.3) is 11.1 Å². The summed E-state index contributed by atoms with van der Waals surface area (Å²) in [7, 11) is 1.52. The lowest BCUT2D eigenvalue weighted by molar-refractivity contribution is 0.102. The van der Waals surface area contributed by atoms with Gasteiger partial charge in [-0.15, -0.1) is 10.2 Å². The Morgan fingerprint density at radius 1 is 1.33 bits per heavy atom. The second kappa shape index (κ2) is 7.90. The maximum atomic E-state index is 12.8. The molecule has 3 aromatic rings. The van der Waals surface area contributed by atoms with Gasteiger partial charge >= 0.3 is 0 Å². The predicted molar refractivity (Wildman–Crippen MR) is 99.5 cm³/mol. The Hall–Kier alpha value is -3.35. The zero-order valence-corrected chi connectivity index (χ0v) is 15.4. The Kier molecular flexibility index (Phi) is 5.40. The van der Waals surface area contributed by atoms with Gasteiger partial charge < -0.3 is 9.84 Å². The molecule has 0 unspecified atom stereocenters. The molecule has 0 spiro atoms. The number of methoxy groups -OCH3 is 1. The summed E-state index contributed by atoms with van der Waals surface area (Å²) in [6.07, 6.45) is 1.46. The van der Waals surface area contributed by atoms with Crippen LogP contribution in [-0.4, -0.2) is 33.3 Å². The van der Waals surface area contributed by atoms with Crippen LogP contribution in [0.1, 0.15) is 26.6 Å². The topological polar surface area (TPSA) is 121 Å². The fourth-order valence-corrected chi connectivity index (χ4v) is 3.08. The Balaban J connectivity index is 2.06. The number of hydrogen-bond donors (Lipinski definition) is 2. The van der Waals surface area contributed by atoms with Crippen molar-refractivity contribution in [1.29, 1.82) is 5.26 Å². The van der Waals surface area contributed by atoms with E-state index < -0.39 is 5.91 Å². The molecule has 2 N–H and O–H groups in total. The average Bonchev–Trinajstić information content (AvgIpc) is 3.14. The van der Waals surface area contributed by atoms with Gasteiger partial charge in [-0.3, -0.25) is 15.1 Å². The third kappa shape index (κ3) is 3.92. The second-order valence-electron chi connectivity index (χ2n) is 5.51. The van der Waals surface area contributed by atoms with Crippen molar-refractivity contribution in [3.63, 3.8) is 0 Å². The van der Waals surface area contributed by atoms with E-state index in [0.717, 1.165) is 11.3 Å². The van der Waals surface area contributed by atoms with Gasteiger partial charge in [0.15, 0.2) is 0 Å². The third-order valence-corrected chi connectivity index (χ3v) is 4.55. The van der Waals surface area contributed by atoms with Crippen LogP contribution < -0.4 is 10.1 Å². The first-order valence-electron chi connectivity index (χ1n) is 7.85. The van der Waals surface area contributed by atoms with Crippen molar-refractivity contribution in [3.8, 4) is 22.9 Å². The Bertz CT molecular complexity index is 1040. The van der Waals surface area contributed by atoms with Gasteiger partial charge in [0.25, 0.3) is 5.91 Å². The highest BCUT2D eigenvalue weighted by Gasteiger charge is 2.19. The number of aliphatic hydroxyl groups is 1. The van der Waals surface area contributed by atoms with Gasteiger partial charge in [0.1, 0.15) is 10.8 Å². The summed E-state index contributed by atoms with van der Waals surface area (Å²) in [6, 6.07) is 8.84. The molecule has 0 atom stereocenters. The van der Waals surface area contributed by atoms with Gasteiger partial charge in [0, 0.05) is 23.0 Å². The minimum atomic E-state index is -0.428. The number of aryl methyl sites for hydroxylation is 1. The van der Waals surface area contributed by atoms with E-state index in [9.17, 15) is 10.1 Å². The number of benzene rings is 1. The summed E-state index contributed by atoms with van der Waals surface area (Å²) in [4.78, 5) is 17.0. The van der Waals surface area contributed by atoms with E-state index in [1.165, 1.54) is 13.3 Å². The standard InChI is InChI=1S/C18H15N5O3S/c1-10-5-12(13-6-11(7-19)3-4-15(13)26-2)14(8-20-10)17(25)21-18-23-22-16(9-24)27-18/h3-6,8,24H,9H2,1-2H3,(H,21,23,25). The molecule has 0 aliphatic heterocycles. The summed E-state index contributed by atoms with van der Waals surface area (Å²) in [5.74, 6) is 0.106. The number of aromatic nitrogens is 3. The van der Waals surface area contributed by atoms with Crippen molar-refractivity contribution in [3.05, 3.63) is 52.3 Å². The molecule has 0 aliphatic carbocycles. The molecule has 0 bridgehead atoms. The number of ether oxygens (including phenoxy) is 1. The van der Waals surface area contributed by atoms with E-state index in [-0.39, 0.29) is 11.7 Å². The Morgan fingerprint density at radius 2 is 2.15 bits per heavy atom. The molecule has 2 heterocycles. The lowest BCUT2D eigenvalue weighted by atomic mass is 9.97. The first kappa shape index (κ1) is 18.4. The quantitative estimate of drug-likeness (QED) is 0.696. The fourth-order valence-electron chi connectivity index (χ4n) is 2.48. The number of carbonyl (C=O) groups excluding carboxylic acids is 1. The van der Waals surface area contributed by atoms with Crippen molar-refractivity contribution in [2.75, 3.05) is 12.4 Å². The fraction of sp³-hybridized carbons (Fsp3) is 0.167. The van der Waals surface area contributed by atoms with Crippen molar-refractivity contribution < 1.29 is 14.6 Å². The van der Waals surface area contributed by atoms with Gasteiger partial charge in [-0.1, -0.05) is 11.3 Å². The number of nitrogens with zero attached hydrogens (tertiary/aromatic N) is 4. The van der Waals surface area contributed by atoms with Crippen LogP contribution in [0.5, 0.6) is 5.75 Å². The number of anilines is 1. The van der Waals surface area contributed by atoms with Crippen LogP contribution in [0.4, 0.5) is 5.13 Å². The number of nitrogens with one attached hydrogen (secondary N) is 1. The highest BCUT2D eigenvalue weighted by molar-refractivity contribution is 7.15. The largest absolute Gasteiger partial charge is 0.496 e. The summed E-state index contributed by atoms with van der Waals surface area (Å²) in [5, 5.41) is 29.2. The van der Waals surface area contributed by atoms with Crippen molar-refractivity contribution in [2.45, 2.75) is 13.5 Å². The summed E-state index contributed by atoms with van der Waals surface area (Å²) in [6.45, 7) is 1.56. The maximum Gasteiger partial charge on any atom is 0.259 e. The lowest BCUT2D eigenvalue weighted by Gasteiger charge is -2.13. The predicted octanol–water partition coefficient (Wildman–Crippen LogP) is 2.53. The van der Waals surface area contributed by atoms with Gasteiger partial charge in [-0.2, -0.15) is 5.26 Å². The van der Waals surface area contributed by atoms with Gasteiger partial charge in [-0.05, 0) is 31.2 Å². The van der Waals surface area contributed by atoms with Gasteiger partial charge in [0.05, 0.1) is 30.9 Å². The number of nitriles is 1. The van der Waals surface area contributed by atoms with Crippen molar-refractivity contribution in [1.82, 2.24) is 15.2 Å². The second-order valence-corrected chi connectivity index (χ2v) is 6.57. The lowest BCUT2D eigenvalue weighted by Crippen LogP contribution is -2.14. The first-order valence-corrected chi connectivity index (χ1v) is 8.67. The van der Waals surface area contributed by atoms with Crippen molar-refractivity contribution >= 4 is 22.4 Å². The van der Waals surface area contributed by atoms with Gasteiger partial charge in [-0.25, -0.2) is 0 Å². The van der Waals surface area contributed by atoms with Crippen LogP contribution in [0.2, 0.25) is 0 Å². The average molecular weight is 381 g/mol. The number of amides is 1. The normalized spacial score (nSPS) is 10.3. The maximum absolute atomic E-state index is 12.8. The van der Waals surface area contributed by atoms with Crippen LogP contribution in [0.15, 0.2) is 30.5 Å². The van der Waals surface area contributed by atoms with Crippen LogP contribution in [-0.2, 0) is 6.61 Å². The first-order chi connectivity index (χ1) is 13.0. The van der Waals surface area contributed by atoms with E-state index in [1.54, 1.807) is 24.3 Å². The molecular weight excluding hydrogens is 366 g/mol. The number of rotatable bonds is 5. The molecule has 2 aromatic heterocycles. The highest BCUT2D eigenvalue weighted by atomic mass is 32.1. The molecule has 0 saturated carbocycles. The smallest absolute Gasteiger partial charge is 0.259 e. The zero-order valence-electron chi connectivity index (χ0n) is 14.6. The molecule has 1 aromatic carbocycles. The van der Waals surface area contributed by atoms with E-state index in [1.807, 2.05) is 6.92 Å². The molecule has 0 aliphatic rings. The molecule has 1 amide bonds. The van der Waals surface area contributed by atoms with E-state index in [4.69, 9.17) is 9.84 Å². The molecule has 9 heteroatoms. The molecule has 0 fully saturated rings. The molecule has 0 saturated heterocycles. The van der Waals surface area contributed by atoms with Gasteiger partial charge in [0.2, 0.25) is 5.13 Å². The van der Waals surface area contributed by atoms with Crippen LogP contribution in [0, 0.1) is 18.3 Å². The van der Waals surface area contributed by atoms with E-state index in [2.05, 4.69) is 26.6 Å². The van der Waals surface area contributed by atoms with E-state index in [0.29, 0.717) is 38.7 Å². The number of hydrogen-bond acceptors (Lipinski definition) is 8. The van der Waals surface area contributed by atoms with E-state index >= 15 is 0 Å². The SMILES string of the molecule is COc1ccc(C#N)cc1-c1cc(C)ncc1C(=O)Nc1nnc(CO)s1. The zero-order chi connectivity index (χ0) is 19.4. The Labute approximate surface area is 159 Å². The molecule has 0 radical (unpaired) electrons. The minimum Gasteiger partial charge on any atom is -0.496 e. The summed E-state index contributed by atoms with van der Waals surface area (Å²) in [5.41, 5.74) is 2.66. The molecule has 27 heavy (non-hydrogen) atoms. The number of carbonyl (C=O) groups is 1. The van der Waals surface area contributed by atoms with Crippen LogP contribution in [0.3, 0.4) is 0 Å². The molecule has 3 rings (SSSR count). The van der Waals surface area contributed by atoms with Crippen molar-refractivity contribution in [2.24, 2.45) is 0 Å². The molecule has 136 valence electrons. The number of aliphatic hydroxyl groups excluding tert-OH is 1. The van der Waals surface area contributed by atoms with Crippen LogP contribution >= 0.6 is 11.3 Å². The highest BCUT2D eigenvalue weighted by Crippen LogP contribution is 2.34. The monoisotopic (exact) mass is 381 g/mol. The third-order valence-electron chi connectivity index (χ3n) is 3.73. The Morgan fingerprint density at radius 3 is 2.81 bits per heavy atom. The molecule has 8 nitrogen and oxygen atoms in total. The number of pyridine rings is 1.